The first kappa shape index (κ1) is 15.3. The van der Waals surface area contributed by atoms with Crippen LogP contribution >= 0.6 is 11.6 Å². The van der Waals surface area contributed by atoms with Crippen molar-refractivity contribution in [2.45, 2.75) is 4.90 Å². The van der Waals surface area contributed by atoms with Gasteiger partial charge in [-0.25, -0.2) is 8.42 Å². The Hall–Kier alpha value is -2.05. The van der Waals surface area contributed by atoms with Crippen LogP contribution in [0.15, 0.2) is 53.4 Å². The number of carbonyl (C=O) groups excluding carboxylic acids is 1. The molecule has 0 saturated carbocycles. The molecule has 5 nitrogen and oxygen atoms in total. The maximum atomic E-state index is 12.4. The summed E-state index contributed by atoms with van der Waals surface area (Å²) in [4.78, 5) is 10.8. The Bertz CT molecular complexity index is 755. The molecule has 21 heavy (non-hydrogen) atoms. The number of benzene rings is 2. The van der Waals surface area contributed by atoms with E-state index in [4.69, 9.17) is 11.6 Å². The number of aromatic carboxylic acids is 1. The zero-order valence-corrected chi connectivity index (χ0v) is 12.6. The van der Waals surface area contributed by atoms with Crippen LogP contribution in [0.25, 0.3) is 0 Å². The Morgan fingerprint density at radius 1 is 1.05 bits per heavy atom. The van der Waals surface area contributed by atoms with Gasteiger partial charge in [0.05, 0.1) is 16.6 Å². The van der Waals surface area contributed by atoms with Gasteiger partial charge in [-0.3, -0.25) is 4.31 Å². The zero-order chi connectivity index (χ0) is 15.6. The van der Waals surface area contributed by atoms with Gasteiger partial charge in [0.1, 0.15) is 0 Å². The van der Waals surface area contributed by atoms with Gasteiger partial charge in [-0.15, -0.1) is 0 Å². The number of hydrogen-bond acceptors (Lipinski definition) is 4. The number of rotatable bonds is 4. The van der Waals surface area contributed by atoms with Crippen LogP contribution in [0.1, 0.15) is 10.4 Å². The molecular formula is C14H11ClNO4S-. The Kier molecular flexibility index (Phi) is 4.20. The van der Waals surface area contributed by atoms with E-state index >= 15 is 0 Å². The number of nitrogens with zero attached hydrogens (tertiary/aromatic N) is 1. The van der Waals surface area contributed by atoms with Gasteiger partial charge in [0.2, 0.25) is 0 Å². The average Bonchev–Trinajstić information content (AvgIpc) is 2.47. The van der Waals surface area contributed by atoms with E-state index in [0.29, 0.717) is 10.7 Å². The van der Waals surface area contributed by atoms with E-state index in [1.807, 2.05) is 0 Å². The molecule has 0 amide bonds. The van der Waals surface area contributed by atoms with E-state index in [9.17, 15) is 18.3 Å². The predicted molar refractivity (Wildman–Crippen MR) is 77.8 cm³/mol. The zero-order valence-electron chi connectivity index (χ0n) is 11.0. The molecule has 0 aromatic heterocycles. The molecule has 0 spiro atoms. The summed E-state index contributed by atoms with van der Waals surface area (Å²) in [5.74, 6) is -1.32. The number of carboxylic acid groups (broad SMARTS) is 1. The summed E-state index contributed by atoms with van der Waals surface area (Å²) in [7, 11) is -2.34. The SMILES string of the molecule is CN(c1ccc(C(=O)[O-])cc1)S(=O)(=O)c1ccc(Cl)cc1. The minimum Gasteiger partial charge on any atom is -0.545 e. The Labute approximate surface area is 127 Å². The molecule has 0 atom stereocenters. The summed E-state index contributed by atoms with van der Waals surface area (Å²) in [6.07, 6.45) is 0. The average molecular weight is 325 g/mol. The van der Waals surface area contributed by atoms with E-state index in [0.717, 1.165) is 4.31 Å². The summed E-state index contributed by atoms with van der Waals surface area (Å²) >= 11 is 5.74. The number of carboxylic acids is 1. The molecule has 0 radical (unpaired) electrons. The normalized spacial score (nSPS) is 11.1. The monoisotopic (exact) mass is 324 g/mol. The van der Waals surface area contributed by atoms with Crippen LogP contribution < -0.4 is 9.41 Å². The number of halogens is 1. The summed E-state index contributed by atoms with van der Waals surface area (Å²) < 4.78 is 25.9. The van der Waals surface area contributed by atoms with Crippen molar-refractivity contribution < 1.29 is 18.3 Å². The minimum atomic E-state index is -3.73. The van der Waals surface area contributed by atoms with Crippen molar-refractivity contribution in [1.29, 1.82) is 0 Å². The number of hydrogen-bond donors (Lipinski definition) is 0. The first-order valence-electron chi connectivity index (χ1n) is 5.88. The molecule has 0 saturated heterocycles. The largest absolute Gasteiger partial charge is 0.545 e. The van der Waals surface area contributed by atoms with Gasteiger partial charge >= 0.3 is 0 Å². The van der Waals surface area contributed by atoms with E-state index in [2.05, 4.69) is 0 Å². The molecule has 110 valence electrons. The van der Waals surface area contributed by atoms with Gasteiger partial charge in [0, 0.05) is 12.1 Å². The third-order valence-corrected chi connectivity index (χ3v) is 4.99. The van der Waals surface area contributed by atoms with Crippen LogP contribution in [0.5, 0.6) is 0 Å². The number of sulfonamides is 1. The third-order valence-electron chi connectivity index (χ3n) is 2.94. The predicted octanol–water partition coefficient (Wildman–Crippen LogP) is 1.53. The fourth-order valence-electron chi connectivity index (χ4n) is 1.71. The van der Waals surface area contributed by atoms with E-state index in [1.54, 1.807) is 0 Å². The molecule has 0 aliphatic carbocycles. The smallest absolute Gasteiger partial charge is 0.264 e. The summed E-state index contributed by atoms with van der Waals surface area (Å²) in [6.45, 7) is 0. The third kappa shape index (κ3) is 3.17. The fraction of sp³-hybridized carbons (Fsp3) is 0.0714. The molecule has 7 heteroatoms. The van der Waals surface area contributed by atoms with Gasteiger partial charge in [0.15, 0.2) is 0 Å². The lowest BCUT2D eigenvalue weighted by Gasteiger charge is -2.20. The van der Waals surface area contributed by atoms with Crippen molar-refractivity contribution in [1.82, 2.24) is 0 Å². The first-order chi connectivity index (χ1) is 9.82. The molecule has 0 heterocycles. The highest BCUT2D eigenvalue weighted by molar-refractivity contribution is 7.92. The molecule has 2 rings (SSSR count). The van der Waals surface area contributed by atoms with Gasteiger partial charge in [0.25, 0.3) is 10.0 Å². The maximum absolute atomic E-state index is 12.4. The second-order valence-electron chi connectivity index (χ2n) is 4.26. The number of carbonyl (C=O) groups is 1. The van der Waals surface area contributed by atoms with Crippen LogP contribution in [-0.4, -0.2) is 21.4 Å². The van der Waals surface area contributed by atoms with Gasteiger partial charge < -0.3 is 9.90 Å². The molecule has 0 aliphatic rings. The van der Waals surface area contributed by atoms with Crippen LogP contribution in [-0.2, 0) is 10.0 Å². The lowest BCUT2D eigenvalue weighted by Crippen LogP contribution is -2.27. The quantitative estimate of drug-likeness (QED) is 0.854. The highest BCUT2D eigenvalue weighted by Crippen LogP contribution is 2.23. The summed E-state index contributed by atoms with van der Waals surface area (Å²) in [5, 5.41) is 11.1. The lowest BCUT2D eigenvalue weighted by molar-refractivity contribution is -0.255. The second kappa shape index (κ2) is 5.75. The van der Waals surface area contributed by atoms with E-state index < -0.39 is 16.0 Å². The van der Waals surface area contributed by atoms with Crippen LogP contribution in [0.3, 0.4) is 0 Å². The molecule has 0 aliphatic heterocycles. The van der Waals surface area contributed by atoms with Crippen LogP contribution in [0.4, 0.5) is 5.69 Å². The Balaban J connectivity index is 2.35. The van der Waals surface area contributed by atoms with E-state index in [-0.39, 0.29) is 10.5 Å². The van der Waals surface area contributed by atoms with Gasteiger partial charge in [-0.1, -0.05) is 23.7 Å². The molecule has 0 fully saturated rings. The highest BCUT2D eigenvalue weighted by atomic mass is 35.5. The minimum absolute atomic E-state index is 0.0176. The fourth-order valence-corrected chi connectivity index (χ4v) is 3.03. The first-order valence-corrected chi connectivity index (χ1v) is 7.70. The molecule has 0 unspecified atom stereocenters. The topological polar surface area (TPSA) is 77.5 Å². The molecule has 0 bridgehead atoms. The van der Waals surface area contributed by atoms with Crippen molar-refractivity contribution in [3.63, 3.8) is 0 Å². The van der Waals surface area contributed by atoms with Crippen molar-refractivity contribution in [3.8, 4) is 0 Å². The summed E-state index contributed by atoms with van der Waals surface area (Å²) in [6, 6.07) is 11.2. The van der Waals surface area contributed by atoms with E-state index in [1.165, 1.54) is 55.6 Å². The highest BCUT2D eigenvalue weighted by Gasteiger charge is 2.21. The van der Waals surface area contributed by atoms with Crippen molar-refractivity contribution in [2.24, 2.45) is 0 Å². The second-order valence-corrected chi connectivity index (χ2v) is 6.67. The molecule has 2 aromatic rings. The number of anilines is 1. The standard InChI is InChI=1S/C14H12ClNO4S/c1-16(12-6-2-10(3-7-12)14(17)18)21(19,20)13-8-4-11(15)5-9-13/h2-9H,1H3,(H,17,18)/p-1. The summed E-state index contributed by atoms with van der Waals surface area (Å²) in [5.41, 5.74) is 0.325. The lowest BCUT2D eigenvalue weighted by atomic mass is 10.2. The van der Waals surface area contributed by atoms with Crippen LogP contribution in [0.2, 0.25) is 5.02 Å². The van der Waals surface area contributed by atoms with Crippen molar-refractivity contribution in [3.05, 3.63) is 59.1 Å². The van der Waals surface area contributed by atoms with Crippen molar-refractivity contribution in [2.75, 3.05) is 11.4 Å². The molecule has 2 aromatic carbocycles. The Morgan fingerprint density at radius 3 is 2.05 bits per heavy atom. The maximum Gasteiger partial charge on any atom is 0.264 e. The van der Waals surface area contributed by atoms with Gasteiger partial charge in [-0.05, 0) is 42.0 Å². The molecule has 0 N–H and O–H groups in total. The van der Waals surface area contributed by atoms with Crippen LogP contribution in [0, 0.1) is 0 Å². The Morgan fingerprint density at radius 2 is 1.57 bits per heavy atom. The van der Waals surface area contributed by atoms with Crippen molar-refractivity contribution >= 4 is 33.3 Å². The molecular weight excluding hydrogens is 314 g/mol. The van der Waals surface area contributed by atoms with Gasteiger partial charge in [-0.2, -0.15) is 0 Å².